The lowest BCUT2D eigenvalue weighted by molar-refractivity contribution is 0.0218. The van der Waals surface area contributed by atoms with Crippen molar-refractivity contribution in [1.82, 2.24) is 30.3 Å². The summed E-state index contributed by atoms with van der Waals surface area (Å²) in [5, 5.41) is 15.8. The summed E-state index contributed by atoms with van der Waals surface area (Å²) in [6.45, 7) is 6.18. The number of carbonyl (C=O) groups excluding carboxylic acids is 2. The second-order valence-corrected chi connectivity index (χ2v) is 9.65. The van der Waals surface area contributed by atoms with Crippen molar-refractivity contribution in [3.8, 4) is 22.6 Å². The number of amides is 2. The number of benzene rings is 2. The van der Waals surface area contributed by atoms with Crippen molar-refractivity contribution in [2.24, 2.45) is 5.73 Å². The maximum atomic E-state index is 12.7. The van der Waals surface area contributed by atoms with E-state index in [1.165, 1.54) is 0 Å². The third-order valence-electron chi connectivity index (χ3n) is 5.94. The molecule has 0 radical (unpaired) electrons. The van der Waals surface area contributed by atoms with Crippen LogP contribution in [0.5, 0.6) is 0 Å². The largest absolute Gasteiger partial charge is 0.444 e. The fourth-order valence-electron chi connectivity index (χ4n) is 4.34. The molecule has 3 heterocycles. The molecule has 2 aromatic heterocycles. The quantitative estimate of drug-likeness (QED) is 0.406. The maximum absolute atomic E-state index is 12.7. The van der Waals surface area contributed by atoms with Crippen LogP contribution in [0.25, 0.3) is 33.5 Å². The first-order valence-electron chi connectivity index (χ1n) is 11.5. The number of aromatic nitrogens is 5. The first kappa shape index (κ1) is 22.6. The number of nitrogens with zero attached hydrogens (tertiary/aromatic N) is 4. The summed E-state index contributed by atoms with van der Waals surface area (Å²) in [6, 6.07) is 12.6. The summed E-state index contributed by atoms with van der Waals surface area (Å²) >= 11 is 0. The van der Waals surface area contributed by atoms with E-state index < -0.39 is 11.5 Å². The van der Waals surface area contributed by atoms with Gasteiger partial charge in [-0.05, 0) is 63.9 Å². The standard InChI is InChI=1S/C25H27N7O3/c1-25(2,3)35-24(34)32-11-5-8-19(32)23-27-22(30-31-23)16-9-10-18-17(13-16)20(29-28-18)14-6-4-7-15(12-14)21(26)33/h4,6-7,9-10,12-13,19H,5,8,11H2,1-3H3,(H2,26,33)(H,28,29)(H,27,30,31). The molecular formula is C25H27N7O3. The number of carbonyl (C=O) groups is 2. The summed E-state index contributed by atoms with van der Waals surface area (Å²) in [4.78, 5) is 30.7. The predicted molar refractivity (Wildman–Crippen MR) is 130 cm³/mol. The Bertz CT molecular complexity index is 1420. The predicted octanol–water partition coefficient (Wildman–Crippen LogP) is 4.19. The smallest absolute Gasteiger partial charge is 0.410 e. The van der Waals surface area contributed by atoms with Crippen LogP contribution in [0.2, 0.25) is 0 Å². The van der Waals surface area contributed by atoms with Crippen molar-refractivity contribution in [3.63, 3.8) is 0 Å². The highest BCUT2D eigenvalue weighted by Gasteiger charge is 2.35. The van der Waals surface area contributed by atoms with Gasteiger partial charge in [0.05, 0.1) is 17.3 Å². The Hall–Kier alpha value is -4.21. The van der Waals surface area contributed by atoms with Crippen LogP contribution in [0.1, 0.15) is 55.8 Å². The van der Waals surface area contributed by atoms with E-state index in [1.807, 2.05) is 45.0 Å². The van der Waals surface area contributed by atoms with E-state index in [0.717, 1.165) is 34.9 Å². The fraction of sp³-hybridized carbons (Fsp3) is 0.320. The Morgan fingerprint density at radius 3 is 2.69 bits per heavy atom. The Labute approximate surface area is 201 Å². The Morgan fingerprint density at radius 2 is 1.91 bits per heavy atom. The third-order valence-corrected chi connectivity index (χ3v) is 5.94. The molecule has 0 spiro atoms. The van der Waals surface area contributed by atoms with Crippen LogP contribution >= 0.6 is 0 Å². The van der Waals surface area contributed by atoms with Gasteiger partial charge in [-0.3, -0.25) is 19.9 Å². The lowest BCUT2D eigenvalue weighted by Gasteiger charge is -2.27. The number of H-pyrrole nitrogens is 2. The van der Waals surface area contributed by atoms with Gasteiger partial charge in [-0.1, -0.05) is 12.1 Å². The van der Waals surface area contributed by atoms with Crippen LogP contribution in [0.3, 0.4) is 0 Å². The Morgan fingerprint density at radius 1 is 1.09 bits per heavy atom. The lowest BCUT2D eigenvalue weighted by atomic mass is 10.0. The average molecular weight is 474 g/mol. The number of hydrogen-bond donors (Lipinski definition) is 3. The normalized spacial score (nSPS) is 16.1. The summed E-state index contributed by atoms with van der Waals surface area (Å²) in [7, 11) is 0. The Balaban J connectivity index is 1.45. The monoisotopic (exact) mass is 473 g/mol. The molecule has 180 valence electrons. The highest BCUT2D eigenvalue weighted by molar-refractivity contribution is 5.98. The number of likely N-dealkylation sites (tertiary alicyclic amines) is 1. The molecular weight excluding hydrogens is 446 g/mol. The topological polar surface area (TPSA) is 143 Å². The molecule has 1 atom stereocenters. The van der Waals surface area contributed by atoms with Gasteiger partial charge in [0.1, 0.15) is 11.4 Å². The van der Waals surface area contributed by atoms with Crippen molar-refractivity contribution < 1.29 is 14.3 Å². The maximum Gasteiger partial charge on any atom is 0.410 e. The molecule has 5 rings (SSSR count). The first-order valence-corrected chi connectivity index (χ1v) is 11.5. The van der Waals surface area contributed by atoms with Gasteiger partial charge in [-0.2, -0.15) is 10.2 Å². The molecule has 4 N–H and O–H groups in total. The molecule has 0 aliphatic carbocycles. The summed E-state index contributed by atoms with van der Waals surface area (Å²) in [6.07, 6.45) is 1.31. The second-order valence-electron chi connectivity index (χ2n) is 9.65. The second kappa shape index (κ2) is 8.53. The summed E-state index contributed by atoms with van der Waals surface area (Å²) in [5.41, 5.74) is 8.42. The minimum absolute atomic E-state index is 0.212. The molecule has 1 saturated heterocycles. The van der Waals surface area contributed by atoms with E-state index in [-0.39, 0.29) is 12.1 Å². The van der Waals surface area contributed by atoms with Crippen molar-refractivity contribution in [2.75, 3.05) is 6.54 Å². The zero-order chi connectivity index (χ0) is 24.7. The van der Waals surface area contributed by atoms with Gasteiger partial charge < -0.3 is 10.5 Å². The molecule has 1 unspecified atom stereocenters. The molecule has 2 amide bonds. The van der Waals surface area contributed by atoms with E-state index >= 15 is 0 Å². The first-order chi connectivity index (χ1) is 16.7. The van der Waals surface area contributed by atoms with E-state index in [2.05, 4.69) is 20.4 Å². The van der Waals surface area contributed by atoms with Gasteiger partial charge in [0, 0.05) is 28.6 Å². The van der Waals surface area contributed by atoms with Crippen LogP contribution in [-0.4, -0.2) is 54.4 Å². The number of rotatable bonds is 4. The number of primary amides is 1. The number of hydrogen-bond acceptors (Lipinski definition) is 6. The molecule has 10 heteroatoms. The highest BCUT2D eigenvalue weighted by atomic mass is 16.6. The molecule has 0 saturated carbocycles. The van der Waals surface area contributed by atoms with Gasteiger partial charge in [-0.15, -0.1) is 0 Å². The third kappa shape index (κ3) is 4.46. The van der Waals surface area contributed by atoms with Crippen LogP contribution < -0.4 is 5.73 Å². The van der Waals surface area contributed by atoms with Gasteiger partial charge in [0.2, 0.25) is 5.91 Å². The molecule has 0 bridgehead atoms. The number of aromatic amines is 2. The Kier molecular flexibility index (Phi) is 5.50. The molecule has 1 fully saturated rings. The van der Waals surface area contributed by atoms with Crippen LogP contribution in [0, 0.1) is 0 Å². The van der Waals surface area contributed by atoms with Gasteiger partial charge in [0.25, 0.3) is 0 Å². The number of nitrogens with two attached hydrogens (primary N) is 1. The summed E-state index contributed by atoms with van der Waals surface area (Å²) in [5.74, 6) is 0.661. The number of ether oxygens (including phenoxy) is 1. The molecule has 1 aliphatic heterocycles. The van der Waals surface area contributed by atoms with Crippen LogP contribution in [-0.2, 0) is 4.74 Å². The van der Waals surface area contributed by atoms with E-state index in [4.69, 9.17) is 15.5 Å². The zero-order valence-electron chi connectivity index (χ0n) is 19.8. The zero-order valence-corrected chi connectivity index (χ0v) is 19.8. The lowest BCUT2D eigenvalue weighted by Crippen LogP contribution is -2.36. The van der Waals surface area contributed by atoms with Crippen molar-refractivity contribution in [1.29, 1.82) is 0 Å². The molecule has 10 nitrogen and oxygen atoms in total. The van der Waals surface area contributed by atoms with E-state index in [0.29, 0.717) is 29.5 Å². The molecule has 2 aromatic carbocycles. The van der Waals surface area contributed by atoms with Gasteiger partial charge in [-0.25, -0.2) is 9.78 Å². The van der Waals surface area contributed by atoms with Crippen molar-refractivity contribution in [3.05, 3.63) is 53.9 Å². The van der Waals surface area contributed by atoms with E-state index in [9.17, 15) is 9.59 Å². The van der Waals surface area contributed by atoms with Gasteiger partial charge in [0.15, 0.2) is 5.82 Å². The summed E-state index contributed by atoms with van der Waals surface area (Å²) < 4.78 is 5.57. The van der Waals surface area contributed by atoms with Crippen molar-refractivity contribution in [2.45, 2.75) is 45.3 Å². The SMILES string of the molecule is CC(C)(C)OC(=O)N1CCCC1c1nc(-c2ccc3[nH]nc(-c4cccc(C(N)=O)c4)c3c2)n[nH]1. The van der Waals surface area contributed by atoms with Crippen LogP contribution in [0.15, 0.2) is 42.5 Å². The molecule has 1 aliphatic rings. The minimum atomic E-state index is -0.564. The molecule has 4 aromatic rings. The fourth-order valence-corrected chi connectivity index (χ4v) is 4.34. The average Bonchev–Trinajstić information content (AvgIpc) is 3.56. The number of nitrogens with one attached hydrogen (secondary N) is 2. The van der Waals surface area contributed by atoms with Crippen molar-refractivity contribution >= 4 is 22.9 Å². The van der Waals surface area contributed by atoms with Gasteiger partial charge >= 0.3 is 6.09 Å². The van der Waals surface area contributed by atoms with E-state index in [1.54, 1.807) is 23.1 Å². The number of fused-ring (bicyclic) bond motifs is 1. The van der Waals surface area contributed by atoms with Crippen LogP contribution in [0.4, 0.5) is 4.79 Å². The highest BCUT2D eigenvalue weighted by Crippen LogP contribution is 2.33. The molecule has 35 heavy (non-hydrogen) atoms. The minimum Gasteiger partial charge on any atom is -0.444 e.